The molecular formula is C23H18ClFN4O3. The number of carbonyl (C=O) groups is 2. The summed E-state index contributed by atoms with van der Waals surface area (Å²) in [6, 6.07) is 12.7. The van der Waals surface area contributed by atoms with Gasteiger partial charge in [-0.25, -0.2) is 9.18 Å². The van der Waals surface area contributed by atoms with E-state index >= 15 is 0 Å². The van der Waals surface area contributed by atoms with Crippen LogP contribution in [0, 0.1) is 5.82 Å². The molecule has 5 rings (SSSR count). The highest BCUT2D eigenvalue weighted by atomic mass is 35.5. The van der Waals surface area contributed by atoms with Crippen molar-refractivity contribution in [1.82, 2.24) is 5.32 Å². The van der Waals surface area contributed by atoms with Gasteiger partial charge in [-0.15, -0.1) is 0 Å². The number of nitrogen functional groups attached to an aromatic ring is 1. The summed E-state index contributed by atoms with van der Waals surface area (Å²) in [5.74, 6) is -0.911. The number of anilines is 3. The topological polar surface area (TPSA) is 108 Å². The maximum absolute atomic E-state index is 13.9. The highest BCUT2D eigenvalue weighted by Crippen LogP contribution is 2.41. The molecule has 0 bridgehead atoms. The lowest BCUT2D eigenvalue weighted by molar-refractivity contribution is 0.0960. The molecule has 0 spiro atoms. The van der Waals surface area contributed by atoms with Crippen LogP contribution in [0.4, 0.5) is 26.2 Å². The summed E-state index contributed by atoms with van der Waals surface area (Å²) in [5.41, 5.74) is 8.89. The van der Waals surface area contributed by atoms with Gasteiger partial charge in [0.15, 0.2) is 0 Å². The molecular weight excluding hydrogens is 435 g/mol. The van der Waals surface area contributed by atoms with Crippen LogP contribution in [0.2, 0.25) is 5.02 Å². The smallest absolute Gasteiger partial charge is 0.326 e. The number of β-amino-alcohol motifs (C(OH)–C–C–N with tert-alkyl or cyclic N) is 1. The van der Waals surface area contributed by atoms with Gasteiger partial charge < -0.3 is 21.5 Å². The van der Waals surface area contributed by atoms with E-state index in [1.165, 1.54) is 35.2 Å². The third-order valence-corrected chi connectivity index (χ3v) is 6.05. The average Bonchev–Trinajstić information content (AvgIpc) is 3.27. The number of aliphatic hydroxyl groups excluding tert-OH is 1. The molecule has 162 valence electrons. The van der Waals surface area contributed by atoms with Crippen LogP contribution in [0.5, 0.6) is 0 Å². The largest absolute Gasteiger partial charge is 0.399 e. The number of nitrogens with one attached hydrogen (secondary N) is 2. The molecule has 0 radical (unpaired) electrons. The Morgan fingerprint density at radius 1 is 1.19 bits per heavy atom. The summed E-state index contributed by atoms with van der Waals surface area (Å²) in [6.45, 7) is 0.0893. The van der Waals surface area contributed by atoms with Crippen molar-refractivity contribution in [3.8, 4) is 0 Å². The standard InChI is InChI=1S/C23H18ClFN4O3/c24-16-6-5-11(25)7-14(16)21-20-15(22(31)28-21)8-12(26)9-17(20)27-23(32)29-10-19(30)13-3-1-2-4-18(13)29/h1-9,19,21,30H,10,26H2,(H,27,32)(H,28,31)/t19-,21+/m0/s1. The van der Waals surface area contributed by atoms with Crippen LogP contribution in [-0.4, -0.2) is 23.6 Å². The lowest BCUT2D eigenvalue weighted by Crippen LogP contribution is -2.34. The summed E-state index contributed by atoms with van der Waals surface area (Å²) in [7, 11) is 0. The fourth-order valence-electron chi connectivity index (χ4n) is 4.29. The van der Waals surface area contributed by atoms with Gasteiger partial charge in [0.2, 0.25) is 0 Å². The van der Waals surface area contributed by atoms with Gasteiger partial charge in [0.1, 0.15) is 5.82 Å². The molecule has 0 aromatic heterocycles. The molecule has 0 fully saturated rings. The first-order chi connectivity index (χ1) is 15.3. The molecule has 2 aliphatic rings. The minimum atomic E-state index is -0.800. The number of para-hydroxylation sites is 1. The fourth-order valence-corrected chi connectivity index (χ4v) is 4.51. The molecule has 5 N–H and O–H groups in total. The number of carbonyl (C=O) groups excluding carboxylic acids is 2. The van der Waals surface area contributed by atoms with E-state index in [1.54, 1.807) is 24.3 Å². The summed E-state index contributed by atoms with van der Waals surface area (Å²) in [6.07, 6.45) is -0.800. The van der Waals surface area contributed by atoms with Crippen LogP contribution in [-0.2, 0) is 0 Å². The molecule has 0 saturated carbocycles. The summed E-state index contributed by atoms with van der Waals surface area (Å²) < 4.78 is 13.9. The number of fused-ring (bicyclic) bond motifs is 2. The van der Waals surface area contributed by atoms with Crippen LogP contribution >= 0.6 is 11.6 Å². The first-order valence-corrected chi connectivity index (χ1v) is 10.3. The number of halogens is 2. The summed E-state index contributed by atoms with van der Waals surface area (Å²) in [5, 5.41) is 16.2. The van der Waals surface area contributed by atoms with E-state index in [1.807, 2.05) is 0 Å². The van der Waals surface area contributed by atoms with E-state index in [4.69, 9.17) is 17.3 Å². The molecule has 2 heterocycles. The Bertz CT molecular complexity index is 1280. The van der Waals surface area contributed by atoms with E-state index in [0.717, 1.165) is 0 Å². The molecule has 2 aliphatic heterocycles. The van der Waals surface area contributed by atoms with Crippen molar-refractivity contribution >= 4 is 40.6 Å². The maximum atomic E-state index is 13.9. The first kappa shape index (κ1) is 20.3. The molecule has 9 heteroatoms. The third-order valence-electron chi connectivity index (χ3n) is 5.71. The Morgan fingerprint density at radius 3 is 2.78 bits per heavy atom. The minimum Gasteiger partial charge on any atom is -0.399 e. The van der Waals surface area contributed by atoms with Gasteiger partial charge in [-0.2, -0.15) is 0 Å². The van der Waals surface area contributed by atoms with Crippen LogP contribution in [0.25, 0.3) is 0 Å². The monoisotopic (exact) mass is 452 g/mol. The van der Waals surface area contributed by atoms with Crippen molar-refractivity contribution in [1.29, 1.82) is 0 Å². The highest BCUT2D eigenvalue weighted by molar-refractivity contribution is 6.31. The Hall–Kier alpha value is -3.62. The molecule has 0 saturated heterocycles. The van der Waals surface area contributed by atoms with Gasteiger partial charge in [0, 0.05) is 33.0 Å². The number of urea groups is 1. The van der Waals surface area contributed by atoms with E-state index in [0.29, 0.717) is 28.1 Å². The van der Waals surface area contributed by atoms with E-state index < -0.39 is 29.9 Å². The number of hydrogen-bond acceptors (Lipinski definition) is 4. The third kappa shape index (κ3) is 3.24. The number of amides is 3. The maximum Gasteiger partial charge on any atom is 0.326 e. The molecule has 0 aliphatic carbocycles. The second-order valence-electron chi connectivity index (χ2n) is 7.72. The van der Waals surface area contributed by atoms with Crippen LogP contribution in [0.1, 0.15) is 39.2 Å². The van der Waals surface area contributed by atoms with Crippen molar-refractivity contribution in [2.45, 2.75) is 12.1 Å². The number of aliphatic hydroxyl groups is 1. The molecule has 3 aromatic rings. The quantitative estimate of drug-likeness (QED) is 0.441. The Balaban J connectivity index is 1.55. The lowest BCUT2D eigenvalue weighted by atomic mass is 9.95. The number of nitrogens with zero attached hydrogens (tertiary/aromatic N) is 1. The first-order valence-electron chi connectivity index (χ1n) is 9.88. The van der Waals surface area contributed by atoms with Gasteiger partial charge in [0.25, 0.3) is 5.91 Å². The van der Waals surface area contributed by atoms with Crippen LogP contribution < -0.4 is 21.3 Å². The predicted octanol–water partition coefficient (Wildman–Crippen LogP) is 3.98. The second kappa shape index (κ2) is 7.51. The number of nitrogens with two attached hydrogens (primary N) is 1. The van der Waals surface area contributed by atoms with Crippen molar-refractivity contribution < 1.29 is 19.1 Å². The van der Waals surface area contributed by atoms with E-state index in [9.17, 15) is 19.1 Å². The molecule has 32 heavy (non-hydrogen) atoms. The van der Waals surface area contributed by atoms with E-state index in [-0.39, 0.29) is 22.8 Å². The zero-order chi connectivity index (χ0) is 22.6. The van der Waals surface area contributed by atoms with Crippen molar-refractivity contribution in [2.24, 2.45) is 0 Å². The highest BCUT2D eigenvalue weighted by Gasteiger charge is 2.36. The van der Waals surface area contributed by atoms with Gasteiger partial charge in [-0.05, 0) is 36.4 Å². The summed E-state index contributed by atoms with van der Waals surface area (Å²) >= 11 is 6.29. The summed E-state index contributed by atoms with van der Waals surface area (Å²) in [4.78, 5) is 27.2. The van der Waals surface area contributed by atoms with E-state index in [2.05, 4.69) is 10.6 Å². The minimum absolute atomic E-state index is 0.0893. The Morgan fingerprint density at radius 2 is 1.97 bits per heavy atom. The van der Waals surface area contributed by atoms with Crippen molar-refractivity contribution in [3.05, 3.63) is 87.7 Å². The normalized spacial score (nSPS) is 18.8. The van der Waals surface area contributed by atoms with Crippen molar-refractivity contribution in [2.75, 3.05) is 22.5 Å². The number of benzene rings is 3. The van der Waals surface area contributed by atoms with Gasteiger partial charge in [-0.3, -0.25) is 9.69 Å². The molecule has 0 unspecified atom stereocenters. The molecule has 3 amide bonds. The average molecular weight is 453 g/mol. The van der Waals surface area contributed by atoms with Crippen LogP contribution in [0.3, 0.4) is 0 Å². The van der Waals surface area contributed by atoms with Gasteiger partial charge in [-0.1, -0.05) is 29.8 Å². The van der Waals surface area contributed by atoms with Crippen LogP contribution in [0.15, 0.2) is 54.6 Å². The number of hydrogen-bond donors (Lipinski definition) is 4. The van der Waals surface area contributed by atoms with Crippen molar-refractivity contribution in [3.63, 3.8) is 0 Å². The zero-order valence-electron chi connectivity index (χ0n) is 16.6. The number of rotatable bonds is 2. The SMILES string of the molecule is Nc1cc(NC(=O)N2C[C@H](O)c3ccccc32)c2c(c1)C(=O)N[C@@H]2c1cc(F)ccc1Cl. The molecule has 7 nitrogen and oxygen atoms in total. The second-order valence-corrected chi connectivity index (χ2v) is 8.12. The van der Waals surface area contributed by atoms with Gasteiger partial charge >= 0.3 is 6.03 Å². The molecule has 3 aromatic carbocycles. The van der Waals surface area contributed by atoms with Gasteiger partial charge in [0.05, 0.1) is 30.1 Å². The lowest BCUT2D eigenvalue weighted by Gasteiger charge is -2.22. The molecule has 2 atom stereocenters. The predicted molar refractivity (Wildman–Crippen MR) is 119 cm³/mol. The zero-order valence-corrected chi connectivity index (χ0v) is 17.4. The Kier molecular flexibility index (Phi) is 4.76. The Labute approximate surface area is 187 Å². The fraction of sp³-hybridized carbons (Fsp3) is 0.130.